The fraction of sp³-hybridized carbons (Fsp3) is 0.536. The minimum absolute atomic E-state index is 0.0922. The molecule has 2 unspecified atom stereocenters. The topological polar surface area (TPSA) is 95.1 Å². The van der Waals surface area contributed by atoms with Crippen molar-refractivity contribution in [2.24, 2.45) is 16.3 Å². The van der Waals surface area contributed by atoms with Crippen LogP contribution in [0.3, 0.4) is 0 Å². The van der Waals surface area contributed by atoms with Gasteiger partial charge in [-0.05, 0) is 36.5 Å². The smallest absolute Gasteiger partial charge is 0.272 e. The van der Waals surface area contributed by atoms with Crippen LogP contribution in [0.4, 0.5) is 14.5 Å². The van der Waals surface area contributed by atoms with Crippen LogP contribution >= 0.6 is 46.4 Å². The maximum atomic E-state index is 13.1. The van der Waals surface area contributed by atoms with Gasteiger partial charge in [0.2, 0.25) is 11.9 Å². The van der Waals surface area contributed by atoms with Gasteiger partial charge in [0.05, 0.1) is 21.7 Å². The van der Waals surface area contributed by atoms with Gasteiger partial charge in [-0.1, -0.05) is 50.0 Å². The second-order valence-corrected chi connectivity index (χ2v) is 13.9. The van der Waals surface area contributed by atoms with Gasteiger partial charge in [0.25, 0.3) is 12.3 Å². The van der Waals surface area contributed by atoms with E-state index in [1.54, 1.807) is 30.2 Å². The van der Waals surface area contributed by atoms with Crippen LogP contribution in [0.5, 0.6) is 0 Å². The molecule has 8 nitrogen and oxygen atoms in total. The Balaban J connectivity index is 1.53. The third-order valence-electron chi connectivity index (χ3n) is 7.24. The molecule has 1 saturated heterocycles. The average molecular weight is 667 g/mol. The standard InChI is InChI=1S/C28H33Cl4F2N5O3/c1-27(2,3)25(41)36-12-14-5-6-17(29)23(22(14)30)38-26-37-18-9-16(24(40)35-8-7-15-11-28(15,31)32)20(42-13-21(33)34)10-19(18)39(26)4/h5-6,9,15,19,21H,7-8,10-13H2,1-4H3,(H,35,40)(H,36,41)(H,37,38). The number of benzene rings is 1. The molecule has 0 bridgehead atoms. The summed E-state index contributed by atoms with van der Waals surface area (Å²) in [6.07, 6.45) is 0.277. The number of halogens is 6. The molecule has 14 heteroatoms. The van der Waals surface area contributed by atoms with E-state index in [0.29, 0.717) is 47.3 Å². The number of carbonyl (C=O) groups is 2. The molecule has 3 aliphatic rings. The van der Waals surface area contributed by atoms with Crippen molar-refractivity contribution >= 4 is 69.9 Å². The van der Waals surface area contributed by atoms with Crippen molar-refractivity contribution in [3.63, 3.8) is 0 Å². The number of hydrogen-bond donors (Lipinski definition) is 3. The Bertz CT molecular complexity index is 1340. The number of alkyl halides is 4. The van der Waals surface area contributed by atoms with E-state index in [2.05, 4.69) is 20.9 Å². The minimum Gasteiger partial charge on any atom is -0.491 e. The Hall–Kier alpha value is -2.27. The quantitative estimate of drug-likeness (QED) is 0.264. The van der Waals surface area contributed by atoms with Crippen molar-refractivity contribution in [2.75, 3.05) is 20.2 Å². The lowest BCUT2D eigenvalue weighted by molar-refractivity contribution is -0.128. The first-order valence-corrected chi connectivity index (χ1v) is 14.9. The summed E-state index contributed by atoms with van der Waals surface area (Å²) in [4.78, 5) is 31.9. The highest BCUT2D eigenvalue weighted by Gasteiger charge is 2.50. The third-order valence-corrected chi connectivity index (χ3v) is 8.90. The van der Waals surface area contributed by atoms with Gasteiger partial charge >= 0.3 is 0 Å². The molecular weight excluding hydrogens is 634 g/mol. The number of aliphatic imine (C=N–C) groups is 1. The molecule has 1 saturated carbocycles. The third kappa shape index (κ3) is 7.62. The van der Waals surface area contributed by atoms with Crippen LogP contribution in [-0.2, 0) is 20.9 Å². The summed E-state index contributed by atoms with van der Waals surface area (Å²) in [5, 5.41) is 9.44. The summed E-state index contributed by atoms with van der Waals surface area (Å²) in [5.41, 5.74) is 1.14. The highest BCUT2D eigenvalue weighted by atomic mass is 35.5. The van der Waals surface area contributed by atoms with E-state index < -0.39 is 28.7 Å². The number of nitrogens with one attached hydrogen (secondary N) is 3. The van der Waals surface area contributed by atoms with Crippen LogP contribution in [0.2, 0.25) is 10.0 Å². The average Bonchev–Trinajstić information content (AvgIpc) is 3.40. The number of carbonyl (C=O) groups excluding carboxylic acids is 2. The molecule has 4 rings (SSSR count). The predicted octanol–water partition coefficient (Wildman–Crippen LogP) is 6.07. The van der Waals surface area contributed by atoms with Crippen molar-refractivity contribution in [3.05, 3.63) is 50.8 Å². The highest BCUT2D eigenvalue weighted by molar-refractivity contribution is 6.50. The molecule has 0 spiro atoms. The fourth-order valence-corrected chi connectivity index (χ4v) is 5.68. The van der Waals surface area contributed by atoms with Gasteiger partial charge in [-0.15, -0.1) is 23.2 Å². The molecule has 0 aromatic heterocycles. The molecular formula is C28H33Cl4F2N5O3. The number of likely N-dealkylation sites (N-methyl/N-ethyl adjacent to an activating group) is 1. The number of nitrogens with zero attached hydrogens (tertiary/aromatic N) is 2. The Labute approximate surface area is 263 Å². The second kappa shape index (κ2) is 12.8. The zero-order valence-electron chi connectivity index (χ0n) is 23.6. The highest BCUT2D eigenvalue weighted by Crippen LogP contribution is 2.54. The first kappa shape index (κ1) is 32.6. The molecule has 0 radical (unpaired) electrons. The van der Waals surface area contributed by atoms with Gasteiger partial charge in [0.15, 0.2) is 0 Å². The molecule has 1 aliphatic heterocycles. The SMILES string of the molecule is CN1C(=Nc2c(Cl)ccc(CNC(=O)C(C)(C)C)c2Cl)NC2=CC(C(=O)NCCC3CC3(Cl)Cl)=C(OCC(F)F)CC21. The van der Waals surface area contributed by atoms with Gasteiger partial charge in [0.1, 0.15) is 22.4 Å². The summed E-state index contributed by atoms with van der Waals surface area (Å²) >= 11 is 25.3. The van der Waals surface area contributed by atoms with E-state index >= 15 is 0 Å². The molecule has 3 N–H and O–H groups in total. The first-order chi connectivity index (χ1) is 19.6. The van der Waals surface area contributed by atoms with Crippen molar-refractivity contribution in [1.82, 2.24) is 20.9 Å². The molecule has 230 valence electrons. The predicted molar refractivity (Wildman–Crippen MR) is 161 cm³/mol. The number of rotatable bonds is 10. The van der Waals surface area contributed by atoms with Gasteiger partial charge in [-0.3, -0.25) is 9.59 Å². The van der Waals surface area contributed by atoms with E-state index in [0.717, 1.165) is 0 Å². The molecule has 2 aliphatic carbocycles. The Morgan fingerprint density at radius 2 is 1.93 bits per heavy atom. The maximum Gasteiger partial charge on any atom is 0.272 e. The van der Waals surface area contributed by atoms with E-state index in [-0.39, 0.29) is 47.2 Å². The van der Waals surface area contributed by atoms with Crippen molar-refractivity contribution in [2.45, 2.75) is 63.4 Å². The molecule has 2 fully saturated rings. The lowest BCUT2D eigenvalue weighted by Crippen LogP contribution is -2.34. The van der Waals surface area contributed by atoms with Gasteiger partial charge in [0, 0.05) is 37.7 Å². The minimum atomic E-state index is -2.70. The summed E-state index contributed by atoms with van der Waals surface area (Å²) in [6, 6.07) is 3.00. The number of fused-ring (bicyclic) bond motifs is 1. The Morgan fingerprint density at radius 1 is 1.24 bits per heavy atom. The van der Waals surface area contributed by atoms with Crippen LogP contribution in [0.15, 0.2) is 40.2 Å². The Kier molecular flexibility index (Phi) is 9.92. The van der Waals surface area contributed by atoms with Crippen molar-refractivity contribution < 1.29 is 23.1 Å². The summed E-state index contributed by atoms with van der Waals surface area (Å²) < 4.78 is 30.7. The fourth-order valence-electron chi connectivity index (χ4n) is 4.56. The van der Waals surface area contributed by atoms with E-state index in [1.165, 1.54) is 0 Å². The lowest BCUT2D eigenvalue weighted by Gasteiger charge is -2.26. The van der Waals surface area contributed by atoms with Crippen molar-refractivity contribution in [1.29, 1.82) is 0 Å². The number of amides is 2. The van der Waals surface area contributed by atoms with Gasteiger partial charge in [-0.2, -0.15) is 0 Å². The van der Waals surface area contributed by atoms with Crippen LogP contribution in [0.25, 0.3) is 0 Å². The summed E-state index contributed by atoms with van der Waals surface area (Å²) in [5.74, 6) is 0.0429. The molecule has 1 aromatic rings. The van der Waals surface area contributed by atoms with Crippen LogP contribution in [0, 0.1) is 11.3 Å². The molecule has 2 atom stereocenters. The zero-order chi connectivity index (χ0) is 31.0. The molecule has 42 heavy (non-hydrogen) atoms. The van der Waals surface area contributed by atoms with Crippen LogP contribution in [0.1, 0.15) is 45.6 Å². The molecule has 2 amide bonds. The van der Waals surface area contributed by atoms with E-state index in [9.17, 15) is 18.4 Å². The number of hydrogen-bond acceptors (Lipinski definition) is 4. The number of guanidine groups is 1. The van der Waals surface area contributed by atoms with Gasteiger partial charge in [-0.25, -0.2) is 13.8 Å². The summed E-state index contributed by atoms with van der Waals surface area (Å²) in [6.45, 7) is 5.11. The first-order valence-electron chi connectivity index (χ1n) is 13.4. The largest absolute Gasteiger partial charge is 0.491 e. The maximum absolute atomic E-state index is 13.1. The monoisotopic (exact) mass is 665 g/mol. The van der Waals surface area contributed by atoms with E-state index in [1.807, 2.05) is 20.8 Å². The van der Waals surface area contributed by atoms with Crippen LogP contribution < -0.4 is 16.0 Å². The molecule has 1 heterocycles. The second-order valence-electron chi connectivity index (χ2n) is 11.5. The van der Waals surface area contributed by atoms with Crippen LogP contribution in [-0.4, -0.2) is 59.7 Å². The number of ether oxygens (including phenoxy) is 1. The summed E-state index contributed by atoms with van der Waals surface area (Å²) in [7, 11) is 1.77. The molecule has 1 aromatic carbocycles. The van der Waals surface area contributed by atoms with Gasteiger partial charge < -0.3 is 25.6 Å². The zero-order valence-corrected chi connectivity index (χ0v) is 26.6. The lowest BCUT2D eigenvalue weighted by atomic mass is 9.95. The van der Waals surface area contributed by atoms with E-state index in [4.69, 9.17) is 51.1 Å². The Morgan fingerprint density at radius 3 is 2.55 bits per heavy atom. The van der Waals surface area contributed by atoms with Crippen molar-refractivity contribution in [3.8, 4) is 0 Å². The normalized spacial score (nSPS) is 22.1.